The molecule has 0 saturated carbocycles. The SMILES string of the molecule is CCOC(=O)C(C)Nc1ncns1. The van der Waals surface area contributed by atoms with Gasteiger partial charge in [-0.3, -0.25) is 0 Å². The first kappa shape index (κ1) is 9.91. The fraction of sp³-hybridized carbons (Fsp3) is 0.571. The second-order valence-electron chi connectivity index (χ2n) is 2.36. The Kier molecular flexibility index (Phi) is 3.63. The van der Waals surface area contributed by atoms with Gasteiger partial charge in [-0.15, -0.1) is 0 Å². The molecule has 1 aromatic rings. The number of carbonyl (C=O) groups excluding carboxylic acids is 1. The molecule has 1 atom stereocenters. The maximum Gasteiger partial charge on any atom is 0.328 e. The Morgan fingerprint density at radius 1 is 1.85 bits per heavy atom. The molecular weight excluding hydrogens is 190 g/mol. The lowest BCUT2D eigenvalue weighted by Crippen LogP contribution is -2.27. The van der Waals surface area contributed by atoms with Crippen LogP contribution in [0.15, 0.2) is 6.33 Å². The molecule has 5 nitrogen and oxygen atoms in total. The van der Waals surface area contributed by atoms with Gasteiger partial charge in [0.2, 0.25) is 5.13 Å². The maximum absolute atomic E-state index is 11.1. The number of hydrogen-bond donors (Lipinski definition) is 1. The van der Waals surface area contributed by atoms with Crippen LogP contribution in [0.5, 0.6) is 0 Å². The first-order valence-corrected chi connectivity index (χ1v) is 4.71. The Labute approximate surface area is 80.3 Å². The number of hydrogen-bond acceptors (Lipinski definition) is 6. The molecule has 0 spiro atoms. The van der Waals surface area contributed by atoms with Gasteiger partial charge in [-0.2, -0.15) is 4.37 Å². The van der Waals surface area contributed by atoms with Crippen LogP contribution >= 0.6 is 11.5 Å². The first-order valence-electron chi connectivity index (χ1n) is 3.94. The number of nitrogens with one attached hydrogen (secondary N) is 1. The quantitative estimate of drug-likeness (QED) is 0.733. The summed E-state index contributed by atoms with van der Waals surface area (Å²) in [6.07, 6.45) is 1.44. The van der Waals surface area contributed by atoms with Gasteiger partial charge in [-0.25, -0.2) is 9.78 Å². The van der Waals surface area contributed by atoms with Crippen LogP contribution in [-0.2, 0) is 9.53 Å². The predicted octanol–water partition coefficient (Wildman–Crippen LogP) is 0.902. The Morgan fingerprint density at radius 2 is 2.62 bits per heavy atom. The molecule has 1 aromatic heterocycles. The van der Waals surface area contributed by atoms with E-state index in [1.54, 1.807) is 13.8 Å². The van der Waals surface area contributed by atoms with E-state index in [0.29, 0.717) is 11.7 Å². The van der Waals surface area contributed by atoms with Gasteiger partial charge in [0.1, 0.15) is 12.4 Å². The second kappa shape index (κ2) is 4.76. The highest BCUT2D eigenvalue weighted by atomic mass is 32.1. The highest BCUT2D eigenvalue weighted by Crippen LogP contribution is 2.08. The topological polar surface area (TPSA) is 64.1 Å². The van der Waals surface area contributed by atoms with Crippen molar-refractivity contribution in [2.75, 3.05) is 11.9 Å². The smallest absolute Gasteiger partial charge is 0.328 e. The van der Waals surface area contributed by atoms with Gasteiger partial charge in [0.05, 0.1) is 6.61 Å². The standard InChI is InChI=1S/C7H11N3O2S/c1-3-12-6(11)5(2)10-7-8-4-9-13-7/h4-5H,3H2,1-2H3,(H,8,9,10). The van der Waals surface area contributed by atoms with Gasteiger partial charge in [0.25, 0.3) is 0 Å². The number of esters is 1. The third kappa shape index (κ3) is 2.98. The van der Waals surface area contributed by atoms with Crippen molar-refractivity contribution >= 4 is 22.6 Å². The molecule has 72 valence electrons. The van der Waals surface area contributed by atoms with Crippen LogP contribution in [0.1, 0.15) is 13.8 Å². The predicted molar refractivity (Wildman–Crippen MR) is 49.6 cm³/mol. The molecule has 0 saturated heterocycles. The average Bonchev–Trinajstić information content (AvgIpc) is 2.57. The van der Waals surface area contributed by atoms with Crippen molar-refractivity contribution in [1.82, 2.24) is 9.36 Å². The zero-order valence-corrected chi connectivity index (χ0v) is 8.30. The minimum Gasteiger partial charge on any atom is -0.464 e. The van der Waals surface area contributed by atoms with E-state index in [0.717, 1.165) is 0 Å². The summed E-state index contributed by atoms with van der Waals surface area (Å²) in [6, 6.07) is -0.382. The molecule has 1 N–H and O–H groups in total. The van der Waals surface area contributed by atoms with Crippen LogP contribution < -0.4 is 5.32 Å². The van der Waals surface area contributed by atoms with E-state index in [1.165, 1.54) is 17.9 Å². The molecule has 0 aliphatic rings. The largest absolute Gasteiger partial charge is 0.464 e. The summed E-state index contributed by atoms with van der Waals surface area (Å²) in [4.78, 5) is 15.0. The summed E-state index contributed by atoms with van der Waals surface area (Å²) in [5, 5.41) is 3.50. The number of nitrogens with zero attached hydrogens (tertiary/aromatic N) is 2. The third-order valence-electron chi connectivity index (χ3n) is 1.34. The van der Waals surface area contributed by atoms with Gasteiger partial charge in [-0.05, 0) is 13.8 Å². The second-order valence-corrected chi connectivity index (χ2v) is 3.14. The summed E-state index contributed by atoms with van der Waals surface area (Å²) in [5.74, 6) is -0.280. The van der Waals surface area contributed by atoms with Crippen molar-refractivity contribution in [3.63, 3.8) is 0 Å². The summed E-state index contributed by atoms with van der Waals surface area (Å²) in [5.41, 5.74) is 0. The molecule has 0 amide bonds. The zero-order valence-electron chi connectivity index (χ0n) is 7.48. The molecule has 0 radical (unpaired) electrons. The number of aromatic nitrogens is 2. The molecule has 1 heterocycles. The van der Waals surface area contributed by atoms with Crippen LogP contribution in [0.2, 0.25) is 0 Å². The van der Waals surface area contributed by atoms with Crippen LogP contribution in [0.3, 0.4) is 0 Å². The molecule has 1 rings (SSSR count). The lowest BCUT2D eigenvalue weighted by atomic mass is 10.3. The third-order valence-corrected chi connectivity index (χ3v) is 1.94. The summed E-state index contributed by atoms with van der Waals surface area (Å²) < 4.78 is 8.60. The fourth-order valence-electron chi connectivity index (χ4n) is 0.748. The lowest BCUT2D eigenvalue weighted by Gasteiger charge is -2.10. The van der Waals surface area contributed by atoms with Gasteiger partial charge in [0, 0.05) is 11.5 Å². The van der Waals surface area contributed by atoms with E-state index < -0.39 is 0 Å². The van der Waals surface area contributed by atoms with Gasteiger partial charge in [0.15, 0.2) is 0 Å². The Bertz CT molecular complexity index is 263. The molecule has 0 aliphatic heterocycles. The van der Waals surface area contributed by atoms with Crippen molar-refractivity contribution in [3.8, 4) is 0 Å². The molecular formula is C7H11N3O2S. The molecule has 1 unspecified atom stereocenters. The summed E-state index contributed by atoms with van der Waals surface area (Å²) >= 11 is 1.21. The number of anilines is 1. The van der Waals surface area contributed by atoms with Crippen molar-refractivity contribution in [1.29, 1.82) is 0 Å². The lowest BCUT2D eigenvalue weighted by molar-refractivity contribution is -0.143. The normalized spacial score (nSPS) is 12.2. The van der Waals surface area contributed by atoms with E-state index in [4.69, 9.17) is 4.74 Å². The van der Waals surface area contributed by atoms with E-state index in [9.17, 15) is 4.79 Å². The Hall–Kier alpha value is -1.17. The highest BCUT2D eigenvalue weighted by Gasteiger charge is 2.14. The maximum atomic E-state index is 11.1. The van der Waals surface area contributed by atoms with Crippen LogP contribution in [0.25, 0.3) is 0 Å². The summed E-state index contributed by atoms with van der Waals surface area (Å²) in [7, 11) is 0. The van der Waals surface area contributed by atoms with Gasteiger partial charge in [-0.1, -0.05) is 0 Å². The monoisotopic (exact) mass is 201 g/mol. The number of carbonyl (C=O) groups is 1. The van der Waals surface area contributed by atoms with Gasteiger partial charge < -0.3 is 10.1 Å². The molecule has 0 aliphatic carbocycles. The van der Waals surface area contributed by atoms with E-state index in [2.05, 4.69) is 14.7 Å². The highest BCUT2D eigenvalue weighted by molar-refractivity contribution is 7.09. The van der Waals surface area contributed by atoms with E-state index in [-0.39, 0.29) is 12.0 Å². The Morgan fingerprint density at radius 3 is 3.15 bits per heavy atom. The summed E-state index contributed by atoms with van der Waals surface area (Å²) in [6.45, 7) is 3.88. The molecule has 0 fully saturated rings. The van der Waals surface area contributed by atoms with Crippen molar-refractivity contribution in [3.05, 3.63) is 6.33 Å². The molecule has 13 heavy (non-hydrogen) atoms. The van der Waals surface area contributed by atoms with Crippen molar-refractivity contribution < 1.29 is 9.53 Å². The fourth-order valence-corrected chi connectivity index (χ4v) is 1.27. The Balaban J connectivity index is 2.41. The first-order chi connectivity index (χ1) is 6.24. The minimum absolute atomic E-state index is 0.280. The number of ether oxygens (including phenoxy) is 1. The van der Waals surface area contributed by atoms with E-state index in [1.807, 2.05) is 0 Å². The van der Waals surface area contributed by atoms with Crippen molar-refractivity contribution in [2.45, 2.75) is 19.9 Å². The zero-order chi connectivity index (χ0) is 9.68. The van der Waals surface area contributed by atoms with Crippen LogP contribution in [-0.4, -0.2) is 28.0 Å². The van der Waals surface area contributed by atoms with Crippen molar-refractivity contribution in [2.24, 2.45) is 0 Å². The molecule has 0 aromatic carbocycles. The minimum atomic E-state index is -0.382. The molecule has 6 heteroatoms. The molecule has 0 bridgehead atoms. The average molecular weight is 201 g/mol. The van der Waals surface area contributed by atoms with E-state index >= 15 is 0 Å². The van der Waals surface area contributed by atoms with Gasteiger partial charge >= 0.3 is 5.97 Å². The van der Waals surface area contributed by atoms with Crippen LogP contribution in [0, 0.1) is 0 Å². The van der Waals surface area contributed by atoms with Crippen LogP contribution in [0.4, 0.5) is 5.13 Å². The number of rotatable bonds is 4.